The molecular formula is C20H23F2N3O3. The SMILES string of the molecule is O=C(Nc1ccccc1N1CCC(CO)CC1)c1ccnc(OCC(F)F)c1. The van der Waals surface area contributed by atoms with Gasteiger partial charge in [-0.05, 0) is 37.0 Å². The molecule has 0 aliphatic carbocycles. The summed E-state index contributed by atoms with van der Waals surface area (Å²) in [6.45, 7) is 1.03. The number of halogens is 2. The van der Waals surface area contributed by atoms with Crippen molar-refractivity contribution >= 4 is 17.3 Å². The zero-order chi connectivity index (χ0) is 19.9. The number of piperidine rings is 1. The first-order valence-corrected chi connectivity index (χ1v) is 9.20. The number of rotatable bonds is 7. The molecule has 2 N–H and O–H groups in total. The lowest BCUT2D eigenvalue weighted by Gasteiger charge is -2.34. The summed E-state index contributed by atoms with van der Waals surface area (Å²) in [6, 6.07) is 10.3. The van der Waals surface area contributed by atoms with Gasteiger partial charge in [0, 0.05) is 37.5 Å². The van der Waals surface area contributed by atoms with Crippen molar-refractivity contribution < 1.29 is 23.4 Å². The van der Waals surface area contributed by atoms with Gasteiger partial charge in [-0.3, -0.25) is 4.79 Å². The van der Waals surface area contributed by atoms with E-state index >= 15 is 0 Å². The minimum atomic E-state index is -2.61. The maximum atomic E-state index is 12.6. The Kier molecular flexibility index (Phi) is 6.76. The van der Waals surface area contributed by atoms with Gasteiger partial charge in [-0.15, -0.1) is 0 Å². The van der Waals surface area contributed by atoms with Gasteiger partial charge in [0.15, 0.2) is 6.61 Å². The summed E-state index contributed by atoms with van der Waals surface area (Å²) in [6.07, 6.45) is 0.532. The van der Waals surface area contributed by atoms with Crippen LogP contribution in [-0.4, -0.2) is 48.7 Å². The van der Waals surface area contributed by atoms with Crippen LogP contribution in [0.1, 0.15) is 23.2 Å². The number of benzene rings is 1. The number of alkyl halides is 2. The first-order chi connectivity index (χ1) is 13.6. The van der Waals surface area contributed by atoms with Crippen molar-refractivity contribution in [3.8, 4) is 5.88 Å². The second kappa shape index (κ2) is 9.45. The Balaban J connectivity index is 1.70. The second-order valence-corrected chi connectivity index (χ2v) is 6.67. The van der Waals surface area contributed by atoms with Gasteiger partial charge in [0.25, 0.3) is 12.3 Å². The van der Waals surface area contributed by atoms with E-state index in [0.717, 1.165) is 31.6 Å². The van der Waals surface area contributed by atoms with Gasteiger partial charge in [0.1, 0.15) is 0 Å². The van der Waals surface area contributed by atoms with Crippen LogP contribution in [0, 0.1) is 5.92 Å². The number of aliphatic hydroxyl groups excluding tert-OH is 1. The molecule has 1 aromatic carbocycles. The molecule has 6 nitrogen and oxygen atoms in total. The molecule has 28 heavy (non-hydrogen) atoms. The summed E-state index contributed by atoms with van der Waals surface area (Å²) in [4.78, 5) is 18.7. The fraction of sp³-hybridized carbons (Fsp3) is 0.400. The first-order valence-electron chi connectivity index (χ1n) is 9.20. The fourth-order valence-corrected chi connectivity index (χ4v) is 3.18. The number of carbonyl (C=O) groups excluding carboxylic acids is 1. The molecule has 1 amide bonds. The van der Waals surface area contributed by atoms with E-state index in [1.54, 1.807) is 0 Å². The van der Waals surface area contributed by atoms with Gasteiger partial charge in [-0.1, -0.05) is 12.1 Å². The molecule has 2 heterocycles. The molecule has 0 spiro atoms. The molecule has 0 unspecified atom stereocenters. The van der Waals surface area contributed by atoms with E-state index in [4.69, 9.17) is 4.74 Å². The lowest BCUT2D eigenvalue weighted by atomic mass is 9.97. The molecule has 0 radical (unpaired) electrons. The molecule has 8 heteroatoms. The van der Waals surface area contributed by atoms with Crippen molar-refractivity contribution in [1.29, 1.82) is 0 Å². The van der Waals surface area contributed by atoms with Crippen LogP contribution < -0.4 is 15.0 Å². The molecule has 3 rings (SSSR count). The number of aliphatic hydroxyl groups is 1. The zero-order valence-electron chi connectivity index (χ0n) is 15.4. The number of carbonyl (C=O) groups is 1. The molecule has 1 aliphatic heterocycles. The number of hydrogen-bond donors (Lipinski definition) is 2. The Bertz CT molecular complexity index is 796. The highest BCUT2D eigenvalue weighted by molar-refractivity contribution is 6.06. The average molecular weight is 391 g/mol. The largest absolute Gasteiger partial charge is 0.472 e. The van der Waals surface area contributed by atoms with Crippen LogP contribution in [0.2, 0.25) is 0 Å². The predicted octanol–water partition coefficient (Wildman–Crippen LogP) is 3.19. The molecule has 2 aromatic rings. The zero-order valence-corrected chi connectivity index (χ0v) is 15.4. The lowest BCUT2D eigenvalue weighted by molar-refractivity contribution is 0.0795. The molecule has 1 saturated heterocycles. The van der Waals surface area contributed by atoms with E-state index in [9.17, 15) is 18.7 Å². The highest BCUT2D eigenvalue weighted by atomic mass is 19.3. The van der Waals surface area contributed by atoms with Crippen LogP contribution in [0.15, 0.2) is 42.6 Å². The van der Waals surface area contributed by atoms with Crippen LogP contribution in [-0.2, 0) is 0 Å². The third kappa shape index (κ3) is 5.16. The number of aromatic nitrogens is 1. The average Bonchev–Trinajstić information content (AvgIpc) is 2.73. The van der Waals surface area contributed by atoms with Crippen LogP contribution in [0.3, 0.4) is 0 Å². The van der Waals surface area contributed by atoms with Crippen LogP contribution in [0.5, 0.6) is 5.88 Å². The van der Waals surface area contributed by atoms with E-state index in [0.29, 0.717) is 11.6 Å². The maximum absolute atomic E-state index is 12.6. The Morgan fingerprint density at radius 3 is 2.75 bits per heavy atom. The van der Waals surface area contributed by atoms with Gasteiger partial charge < -0.3 is 20.1 Å². The minimum absolute atomic E-state index is 0.0210. The molecule has 1 fully saturated rings. The molecule has 1 aromatic heterocycles. The molecule has 0 atom stereocenters. The number of para-hydroxylation sites is 2. The summed E-state index contributed by atoms with van der Waals surface area (Å²) in [5.74, 6) is -0.0733. The summed E-state index contributed by atoms with van der Waals surface area (Å²) in [5.41, 5.74) is 1.85. The normalized spacial score (nSPS) is 14.9. The predicted molar refractivity (Wildman–Crippen MR) is 102 cm³/mol. The van der Waals surface area contributed by atoms with Gasteiger partial charge >= 0.3 is 0 Å². The van der Waals surface area contributed by atoms with Crippen molar-refractivity contribution in [3.05, 3.63) is 48.2 Å². The standard InChI is InChI=1S/C20H23F2N3O3/c21-18(22)13-28-19-11-15(5-8-23-19)20(27)24-16-3-1-2-4-17(16)25-9-6-14(12-26)7-10-25/h1-5,8,11,14,18,26H,6-7,9-10,12-13H2,(H,24,27). The van der Waals surface area contributed by atoms with E-state index in [-0.39, 0.29) is 24.0 Å². The molecule has 0 saturated carbocycles. The van der Waals surface area contributed by atoms with Crippen LogP contribution in [0.4, 0.5) is 20.2 Å². The Hall–Kier alpha value is -2.74. The molecular weight excluding hydrogens is 368 g/mol. The topological polar surface area (TPSA) is 74.7 Å². The second-order valence-electron chi connectivity index (χ2n) is 6.67. The highest BCUT2D eigenvalue weighted by Gasteiger charge is 2.21. The van der Waals surface area contributed by atoms with Gasteiger partial charge in [0.2, 0.25) is 5.88 Å². The van der Waals surface area contributed by atoms with Gasteiger partial charge in [-0.25, -0.2) is 13.8 Å². The van der Waals surface area contributed by atoms with E-state index < -0.39 is 13.0 Å². The monoisotopic (exact) mass is 391 g/mol. The Labute approximate surface area is 162 Å². The van der Waals surface area contributed by atoms with E-state index in [2.05, 4.69) is 15.2 Å². The molecule has 1 aliphatic rings. The van der Waals surface area contributed by atoms with E-state index in [1.165, 1.54) is 18.3 Å². The van der Waals surface area contributed by atoms with E-state index in [1.807, 2.05) is 24.3 Å². The minimum Gasteiger partial charge on any atom is -0.472 e. The van der Waals surface area contributed by atoms with Gasteiger partial charge in [0.05, 0.1) is 11.4 Å². The van der Waals surface area contributed by atoms with Crippen molar-refractivity contribution in [2.24, 2.45) is 5.92 Å². The number of hydrogen-bond acceptors (Lipinski definition) is 5. The summed E-state index contributed by atoms with van der Waals surface area (Å²) >= 11 is 0. The summed E-state index contributed by atoms with van der Waals surface area (Å²) < 4.78 is 29.4. The molecule has 0 bridgehead atoms. The summed E-state index contributed by atoms with van der Waals surface area (Å²) in [5, 5.41) is 12.2. The third-order valence-corrected chi connectivity index (χ3v) is 4.72. The molecule has 150 valence electrons. The lowest BCUT2D eigenvalue weighted by Crippen LogP contribution is -2.35. The Morgan fingerprint density at radius 2 is 2.04 bits per heavy atom. The first kappa shape index (κ1) is 20.0. The number of pyridine rings is 1. The number of anilines is 2. The smallest absolute Gasteiger partial charge is 0.272 e. The quantitative estimate of drug-likeness (QED) is 0.758. The van der Waals surface area contributed by atoms with Crippen molar-refractivity contribution in [3.63, 3.8) is 0 Å². The Morgan fingerprint density at radius 1 is 1.29 bits per heavy atom. The fourth-order valence-electron chi connectivity index (χ4n) is 3.18. The van der Waals surface area contributed by atoms with Crippen LogP contribution in [0.25, 0.3) is 0 Å². The van der Waals surface area contributed by atoms with Crippen LogP contribution >= 0.6 is 0 Å². The number of nitrogens with zero attached hydrogens (tertiary/aromatic N) is 2. The van der Waals surface area contributed by atoms with Crippen molar-refractivity contribution in [1.82, 2.24) is 4.98 Å². The summed E-state index contributed by atoms with van der Waals surface area (Å²) in [7, 11) is 0. The highest BCUT2D eigenvalue weighted by Crippen LogP contribution is 2.30. The number of nitrogens with one attached hydrogen (secondary N) is 1. The number of ether oxygens (including phenoxy) is 1. The van der Waals surface area contributed by atoms with Gasteiger partial charge in [-0.2, -0.15) is 0 Å². The number of amides is 1. The third-order valence-electron chi connectivity index (χ3n) is 4.72. The van der Waals surface area contributed by atoms with Crippen molar-refractivity contribution in [2.45, 2.75) is 19.3 Å². The maximum Gasteiger partial charge on any atom is 0.272 e. The van der Waals surface area contributed by atoms with Crippen molar-refractivity contribution in [2.75, 3.05) is 36.5 Å².